The number of aromatic nitrogens is 5. The first kappa shape index (κ1) is 23.5. The normalized spacial score (nSPS) is 10.7. The zero-order valence-corrected chi connectivity index (χ0v) is 20.3. The van der Waals surface area contributed by atoms with Crippen LogP contribution >= 0.6 is 0 Å². The zero-order chi connectivity index (χ0) is 25.8. The highest BCUT2D eigenvalue weighted by Gasteiger charge is 2.15. The van der Waals surface area contributed by atoms with Crippen molar-refractivity contribution in [3.63, 3.8) is 0 Å². The summed E-state index contributed by atoms with van der Waals surface area (Å²) < 4.78 is 17.7. The second kappa shape index (κ2) is 10.2. The van der Waals surface area contributed by atoms with Gasteiger partial charge in [0.2, 0.25) is 5.75 Å². The number of urea groups is 1. The number of fused-ring (bicyclic) bond motifs is 1. The van der Waals surface area contributed by atoms with Crippen LogP contribution in [0.5, 0.6) is 17.2 Å². The van der Waals surface area contributed by atoms with E-state index in [4.69, 9.17) is 19.3 Å². The Balaban J connectivity index is 1.38. The maximum atomic E-state index is 12.7. The van der Waals surface area contributed by atoms with E-state index in [0.29, 0.717) is 45.8 Å². The number of ether oxygens (including phenoxy) is 3. The maximum Gasteiger partial charge on any atom is 0.323 e. The molecule has 5 rings (SSSR count). The molecule has 0 bridgehead atoms. The number of methoxy groups -OCH3 is 3. The Bertz CT molecular complexity index is 1550. The lowest BCUT2D eigenvalue weighted by Gasteiger charge is -2.15. The van der Waals surface area contributed by atoms with E-state index in [9.17, 15) is 4.79 Å². The number of rotatable bonds is 7. The van der Waals surface area contributed by atoms with Gasteiger partial charge in [-0.05, 0) is 36.4 Å². The third-order valence-corrected chi connectivity index (χ3v) is 5.52. The van der Waals surface area contributed by atoms with Crippen LogP contribution in [-0.4, -0.2) is 52.2 Å². The lowest BCUT2D eigenvalue weighted by molar-refractivity contribution is 0.262. The quantitative estimate of drug-likeness (QED) is 0.336. The van der Waals surface area contributed by atoms with Crippen molar-refractivity contribution in [1.82, 2.24) is 24.8 Å². The van der Waals surface area contributed by atoms with Gasteiger partial charge in [-0.25, -0.2) is 4.79 Å². The monoisotopic (exact) mass is 497 g/mol. The van der Waals surface area contributed by atoms with Crippen LogP contribution in [0, 0.1) is 0 Å². The van der Waals surface area contributed by atoms with E-state index in [0.717, 1.165) is 11.1 Å². The van der Waals surface area contributed by atoms with Gasteiger partial charge in [0, 0.05) is 41.3 Å². The highest BCUT2D eigenvalue weighted by molar-refractivity contribution is 6.00. The molecular weight excluding hydrogens is 474 g/mol. The van der Waals surface area contributed by atoms with Gasteiger partial charge < -0.3 is 24.8 Å². The molecule has 5 aromatic rings. The third-order valence-electron chi connectivity index (χ3n) is 5.52. The molecule has 0 atom stereocenters. The number of carbonyl (C=O) groups is 1. The topological polar surface area (TPSA) is 125 Å². The molecule has 0 aliphatic heterocycles. The smallest absolute Gasteiger partial charge is 0.323 e. The number of benzene rings is 2. The van der Waals surface area contributed by atoms with E-state index in [1.807, 2.05) is 42.5 Å². The summed E-state index contributed by atoms with van der Waals surface area (Å²) in [5, 5.41) is 18.8. The minimum atomic E-state index is -0.437. The van der Waals surface area contributed by atoms with E-state index in [2.05, 4.69) is 25.8 Å². The molecule has 0 radical (unpaired) electrons. The first-order valence-electron chi connectivity index (χ1n) is 11.2. The first-order chi connectivity index (χ1) is 18.1. The van der Waals surface area contributed by atoms with Gasteiger partial charge in [-0.2, -0.15) is 9.61 Å². The maximum absolute atomic E-state index is 12.7. The molecule has 0 saturated carbocycles. The average Bonchev–Trinajstić information content (AvgIpc) is 3.36. The molecule has 11 heteroatoms. The fraction of sp³-hybridized carbons (Fsp3) is 0.115. The predicted molar refractivity (Wildman–Crippen MR) is 138 cm³/mol. The van der Waals surface area contributed by atoms with E-state index in [1.165, 1.54) is 21.3 Å². The molecule has 0 aliphatic carbocycles. The number of nitrogens with one attached hydrogen (secondary N) is 2. The van der Waals surface area contributed by atoms with Crippen LogP contribution in [0.3, 0.4) is 0 Å². The van der Waals surface area contributed by atoms with Crippen molar-refractivity contribution < 1.29 is 19.0 Å². The Kier molecular flexibility index (Phi) is 6.49. The van der Waals surface area contributed by atoms with E-state index in [-0.39, 0.29) is 0 Å². The summed E-state index contributed by atoms with van der Waals surface area (Å²) in [4.78, 5) is 16.9. The number of carbonyl (C=O) groups excluding carboxylic acids is 1. The van der Waals surface area contributed by atoms with Crippen LogP contribution < -0.4 is 24.8 Å². The lowest BCUT2D eigenvalue weighted by Crippen LogP contribution is -2.19. The summed E-state index contributed by atoms with van der Waals surface area (Å²) in [6.45, 7) is 0. The highest BCUT2D eigenvalue weighted by atomic mass is 16.5. The Morgan fingerprint density at radius 3 is 2.27 bits per heavy atom. The molecule has 0 saturated heterocycles. The fourth-order valence-electron chi connectivity index (χ4n) is 3.82. The summed E-state index contributed by atoms with van der Waals surface area (Å²) in [7, 11) is 4.54. The molecule has 0 aliphatic rings. The van der Waals surface area contributed by atoms with Gasteiger partial charge in [-0.15, -0.1) is 10.2 Å². The zero-order valence-electron chi connectivity index (χ0n) is 20.3. The Morgan fingerprint density at radius 1 is 0.811 bits per heavy atom. The van der Waals surface area contributed by atoms with Crippen molar-refractivity contribution in [3.05, 3.63) is 73.1 Å². The predicted octanol–water partition coefficient (Wildman–Crippen LogP) is 4.52. The number of pyridine rings is 1. The summed E-state index contributed by atoms with van der Waals surface area (Å²) in [6.07, 6.45) is 3.41. The fourth-order valence-corrected chi connectivity index (χ4v) is 3.82. The molecule has 0 fully saturated rings. The SMILES string of the molecule is COc1cc(NC(=O)Nc2cccc(-c3ccc4nnc(-c5cccnc5)n4n3)c2)cc(OC)c1OC. The number of amides is 2. The molecule has 2 N–H and O–H groups in total. The second-order valence-corrected chi connectivity index (χ2v) is 7.83. The van der Waals surface area contributed by atoms with Crippen LogP contribution in [-0.2, 0) is 0 Å². The van der Waals surface area contributed by atoms with Crippen molar-refractivity contribution in [1.29, 1.82) is 0 Å². The second-order valence-electron chi connectivity index (χ2n) is 7.83. The minimum absolute atomic E-state index is 0.431. The van der Waals surface area contributed by atoms with Crippen LogP contribution in [0.15, 0.2) is 73.1 Å². The van der Waals surface area contributed by atoms with Crippen LogP contribution in [0.4, 0.5) is 16.2 Å². The molecule has 3 aromatic heterocycles. The van der Waals surface area contributed by atoms with Crippen molar-refractivity contribution in [2.75, 3.05) is 32.0 Å². The molecule has 0 unspecified atom stereocenters. The van der Waals surface area contributed by atoms with Gasteiger partial charge in [-0.1, -0.05) is 12.1 Å². The van der Waals surface area contributed by atoms with Gasteiger partial charge in [-0.3, -0.25) is 4.98 Å². The van der Waals surface area contributed by atoms with Gasteiger partial charge in [0.1, 0.15) is 0 Å². The first-order valence-corrected chi connectivity index (χ1v) is 11.2. The van der Waals surface area contributed by atoms with Gasteiger partial charge in [0.25, 0.3) is 0 Å². The molecule has 0 spiro atoms. The molecular formula is C26H23N7O4. The van der Waals surface area contributed by atoms with Crippen LogP contribution in [0.1, 0.15) is 0 Å². The summed E-state index contributed by atoms with van der Waals surface area (Å²) in [6, 6.07) is 17.6. The van der Waals surface area contributed by atoms with Gasteiger partial charge in [0.05, 0.1) is 32.7 Å². The molecule has 3 heterocycles. The van der Waals surface area contributed by atoms with Crippen molar-refractivity contribution in [3.8, 4) is 39.9 Å². The Hall–Kier alpha value is -5.19. The average molecular weight is 498 g/mol. The van der Waals surface area contributed by atoms with E-state index in [1.54, 1.807) is 35.1 Å². The number of nitrogens with zero attached hydrogens (tertiary/aromatic N) is 5. The van der Waals surface area contributed by atoms with E-state index >= 15 is 0 Å². The summed E-state index contributed by atoms with van der Waals surface area (Å²) >= 11 is 0. The number of anilines is 2. The number of hydrogen-bond donors (Lipinski definition) is 2. The van der Waals surface area contributed by atoms with Gasteiger partial charge in [0.15, 0.2) is 23.0 Å². The standard InChI is InChI=1S/C26H23N7O4/c1-35-21-13-19(14-22(36-2)24(21)37-3)29-26(34)28-18-8-4-6-16(12-18)20-9-10-23-30-31-25(33(23)32-20)17-7-5-11-27-15-17/h4-15H,1-3H3,(H2,28,29,34). The van der Waals surface area contributed by atoms with Gasteiger partial charge >= 0.3 is 6.03 Å². The Labute approximate surface area is 212 Å². The molecule has 37 heavy (non-hydrogen) atoms. The summed E-state index contributed by atoms with van der Waals surface area (Å²) in [5.74, 6) is 1.89. The number of hydrogen-bond acceptors (Lipinski definition) is 8. The minimum Gasteiger partial charge on any atom is -0.493 e. The highest BCUT2D eigenvalue weighted by Crippen LogP contribution is 2.40. The third kappa shape index (κ3) is 4.82. The van der Waals surface area contributed by atoms with Crippen LogP contribution in [0.2, 0.25) is 0 Å². The largest absolute Gasteiger partial charge is 0.493 e. The van der Waals surface area contributed by atoms with Crippen molar-refractivity contribution in [2.24, 2.45) is 0 Å². The molecule has 2 amide bonds. The lowest BCUT2D eigenvalue weighted by atomic mass is 10.1. The Morgan fingerprint density at radius 2 is 1.57 bits per heavy atom. The molecule has 11 nitrogen and oxygen atoms in total. The van der Waals surface area contributed by atoms with Crippen molar-refractivity contribution >= 4 is 23.1 Å². The van der Waals surface area contributed by atoms with E-state index < -0.39 is 6.03 Å². The summed E-state index contributed by atoms with van der Waals surface area (Å²) in [5.41, 5.74) is 3.97. The van der Waals surface area contributed by atoms with Crippen LogP contribution in [0.25, 0.3) is 28.3 Å². The van der Waals surface area contributed by atoms with Crippen molar-refractivity contribution in [2.45, 2.75) is 0 Å². The molecule has 2 aromatic carbocycles. The molecule has 186 valence electrons.